The summed E-state index contributed by atoms with van der Waals surface area (Å²) < 4.78 is 5.42. The summed E-state index contributed by atoms with van der Waals surface area (Å²) in [6.45, 7) is 6.82. The van der Waals surface area contributed by atoms with Crippen LogP contribution in [-0.4, -0.2) is 45.9 Å². The average molecular weight is 318 g/mol. The molecule has 0 spiro atoms. The van der Waals surface area contributed by atoms with Gasteiger partial charge in [-0.15, -0.1) is 0 Å². The van der Waals surface area contributed by atoms with Gasteiger partial charge in [-0.05, 0) is 51.7 Å². The van der Waals surface area contributed by atoms with Gasteiger partial charge in [-0.25, -0.2) is 4.79 Å². The highest BCUT2D eigenvalue weighted by Gasteiger charge is 2.39. The molecule has 0 radical (unpaired) electrons. The van der Waals surface area contributed by atoms with Gasteiger partial charge in [0, 0.05) is 36.8 Å². The van der Waals surface area contributed by atoms with E-state index in [0.717, 1.165) is 25.0 Å². The van der Waals surface area contributed by atoms with Crippen molar-refractivity contribution in [2.24, 2.45) is 5.92 Å². The van der Waals surface area contributed by atoms with Crippen LogP contribution in [0.15, 0.2) is 18.3 Å². The van der Waals surface area contributed by atoms with Crippen LogP contribution in [-0.2, 0) is 11.2 Å². The van der Waals surface area contributed by atoms with E-state index in [1.54, 1.807) is 11.1 Å². The third-order valence-corrected chi connectivity index (χ3v) is 4.77. The number of aliphatic hydroxyl groups excluding tert-OH is 1. The van der Waals surface area contributed by atoms with Crippen molar-refractivity contribution in [3.05, 3.63) is 29.6 Å². The summed E-state index contributed by atoms with van der Waals surface area (Å²) in [5, 5.41) is 10.8. The first-order valence-electron chi connectivity index (χ1n) is 8.45. The molecule has 2 heterocycles. The van der Waals surface area contributed by atoms with Gasteiger partial charge in [-0.2, -0.15) is 0 Å². The summed E-state index contributed by atoms with van der Waals surface area (Å²) >= 11 is 0. The summed E-state index contributed by atoms with van der Waals surface area (Å²) in [5.74, 6) is 0.190. The molecule has 1 aliphatic heterocycles. The predicted molar refractivity (Wildman–Crippen MR) is 87.2 cm³/mol. The van der Waals surface area contributed by atoms with E-state index in [0.29, 0.717) is 13.1 Å². The Bertz CT molecular complexity index is 582. The number of hydrogen-bond donors (Lipinski definition) is 1. The minimum atomic E-state index is -0.484. The average Bonchev–Trinajstić information content (AvgIpc) is 3.12. The summed E-state index contributed by atoms with van der Waals surface area (Å²) in [5.41, 5.74) is 1.80. The number of likely N-dealkylation sites (tertiary alicyclic amines) is 1. The Kier molecular flexibility index (Phi) is 4.32. The van der Waals surface area contributed by atoms with Crippen molar-refractivity contribution < 1.29 is 14.6 Å². The number of aromatic nitrogens is 1. The van der Waals surface area contributed by atoms with Crippen LogP contribution in [0.5, 0.6) is 0 Å². The van der Waals surface area contributed by atoms with Gasteiger partial charge in [0.15, 0.2) is 0 Å². The molecule has 1 amide bonds. The zero-order chi connectivity index (χ0) is 16.6. The number of nitrogens with zero attached hydrogens (tertiary/aromatic N) is 2. The largest absolute Gasteiger partial charge is 0.444 e. The lowest BCUT2D eigenvalue weighted by Crippen LogP contribution is -2.37. The van der Waals surface area contributed by atoms with Crippen LogP contribution in [0, 0.1) is 5.92 Å². The molecule has 1 aliphatic carbocycles. The van der Waals surface area contributed by atoms with E-state index in [4.69, 9.17) is 4.74 Å². The Labute approximate surface area is 137 Å². The normalized spacial score (nSPS) is 25.3. The second-order valence-corrected chi connectivity index (χ2v) is 7.66. The standard InChI is InChI=1S/C18H26N2O3/c1-18(2,3)23-17(22)20-10-8-13(11-20)16(21)14-7-6-12-5-4-9-19-15(12)14/h4-5,9,13-14,16,21H,6-8,10-11H2,1-3H3. The van der Waals surface area contributed by atoms with Crippen molar-refractivity contribution in [3.8, 4) is 0 Å². The summed E-state index contributed by atoms with van der Waals surface area (Å²) in [7, 11) is 0. The van der Waals surface area contributed by atoms with E-state index < -0.39 is 11.7 Å². The number of pyridine rings is 1. The zero-order valence-corrected chi connectivity index (χ0v) is 14.2. The van der Waals surface area contributed by atoms with Crippen molar-refractivity contribution >= 4 is 6.09 Å². The highest BCUT2D eigenvalue weighted by atomic mass is 16.6. The lowest BCUT2D eigenvalue weighted by Gasteiger charge is -2.26. The predicted octanol–water partition coefficient (Wildman–Crippen LogP) is 2.73. The quantitative estimate of drug-likeness (QED) is 0.911. The number of hydrogen-bond acceptors (Lipinski definition) is 4. The molecular weight excluding hydrogens is 292 g/mol. The maximum absolute atomic E-state index is 12.2. The molecule has 0 bridgehead atoms. The number of rotatable bonds is 2. The summed E-state index contributed by atoms with van der Waals surface area (Å²) in [4.78, 5) is 18.3. The summed E-state index contributed by atoms with van der Waals surface area (Å²) in [6.07, 6.45) is 3.81. The molecule has 5 heteroatoms. The van der Waals surface area contributed by atoms with Crippen LogP contribution in [0.2, 0.25) is 0 Å². The molecule has 1 aromatic heterocycles. The van der Waals surface area contributed by atoms with Crippen LogP contribution in [0.1, 0.15) is 50.8 Å². The molecule has 2 aliphatic rings. The number of ether oxygens (including phenoxy) is 1. The second kappa shape index (κ2) is 6.11. The molecule has 0 aromatic carbocycles. The van der Waals surface area contributed by atoms with E-state index >= 15 is 0 Å². The molecule has 1 aromatic rings. The van der Waals surface area contributed by atoms with E-state index in [9.17, 15) is 9.90 Å². The molecule has 3 rings (SSSR count). The Morgan fingerprint density at radius 2 is 2.22 bits per heavy atom. The fraction of sp³-hybridized carbons (Fsp3) is 0.667. The van der Waals surface area contributed by atoms with Crippen LogP contribution in [0.4, 0.5) is 4.79 Å². The van der Waals surface area contributed by atoms with Crippen LogP contribution < -0.4 is 0 Å². The molecule has 126 valence electrons. The zero-order valence-electron chi connectivity index (χ0n) is 14.2. The molecule has 3 unspecified atom stereocenters. The molecule has 23 heavy (non-hydrogen) atoms. The fourth-order valence-corrected chi connectivity index (χ4v) is 3.66. The molecule has 5 nitrogen and oxygen atoms in total. The maximum atomic E-state index is 12.2. The van der Waals surface area contributed by atoms with Crippen LogP contribution >= 0.6 is 0 Å². The van der Waals surface area contributed by atoms with Gasteiger partial charge >= 0.3 is 6.09 Å². The Morgan fingerprint density at radius 1 is 1.43 bits per heavy atom. The molecule has 1 saturated heterocycles. The van der Waals surface area contributed by atoms with E-state index in [1.807, 2.05) is 26.8 Å². The smallest absolute Gasteiger partial charge is 0.410 e. The van der Waals surface area contributed by atoms with Gasteiger partial charge in [-0.1, -0.05) is 6.07 Å². The molecule has 1 fully saturated rings. The van der Waals surface area contributed by atoms with E-state index in [1.165, 1.54) is 5.56 Å². The summed E-state index contributed by atoms with van der Waals surface area (Å²) in [6, 6.07) is 4.05. The van der Waals surface area contributed by atoms with Gasteiger partial charge in [0.05, 0.1) is 6.10 Å². The fourth-order valence-electron chi connectivity index (χ4n) is 3.66. The molecule has 1 N–H and O–H groups in total. The molecule has 0 saturated carbocycles. The van der Waals surface area contributed by atoms with Gasteiger partial charge in [-0.3, -0.25) is 4.98 Å². The Hall–Kier alpha value is -1.62. The SMILES string of the molecule is CC(C)(C)OC(=O)N1CCC(C(O)C2CCc3cccnc32)C1. The minimum absolute atomic E-state index is 0.0924. The van der Waals surface area contributed by atoms with Gasteiger partial charge in [0.25, 0.3) is 0 Å². The highest BCUT2D eigenvalue weighted by Crippen LogP contribution is 2.38. The maximum Gasteiger partial charge on any atom is 0.410 e. The Morgan fingerprint density at radius 3 is 2.96 bits per heavy atom. The first-order valence-corrected chi connectivity index (χ1v) is 8.45. The van der Waals surface area contributed by atoms with Gasteiger partial charge < -0.3 is 14.7 Å². The first kappa shape index (κ1) is 16.2. The number of amides is 1. The first-order chi connectivity index (χ1) is 10.8. The highest BCUT2D eigenvalue weighted by molar-refractivity contribution is 5.68. The van der Waals surface area contributed by atoms with Gasteiger partial charge in [0.2, 0.25) is 0 Å². The van der Waals surface area contributed by atoms with Crippen molar-refractivity contribution in [1.82, 2.24) is 9.88 Å². The van der Waals surface area contributed by atoms with E-state index in [2.05, 4.69) is 11.1 Å². The van der Waals surface area contributed by atoms with Crippen molar-refractivity contribution in [3.63, 3.8) is 0 Å². The molecule has 3 atom stereocenters. The lowest BCUT2D eigenvalue weighted by atomic mass is 9.88. The second-order valence-electron chi connectivity index (χ2n) is 7.66. The van der Waals surface area contributed by atoms with Crippen molar-refractivity contribution in [2.45, 2.75) is 57.7 Å². The number of carbonyl (C=O) groups excluding carboxylic acids is 1. The topological polar surface area (TPSA) is 62.7 Å². The number of carbonyl (C=O) groups is 1. The third kappa shape index (κ3) is 3.50. The number of aryl methyl sites for hydroxylation is 1. The number of aliphatic hydroxyl groups is 1. The van der Waals surface area contributed by atoms with Crippen LogP contribution in [0.25, 0.3) is 0 Å². The minimum Gasteiger partial charge on any atom is -0.444 e. The number of fused-ring (bicyclic) bond motifs is 1. The third-order valence-electron chi connectivity index (χ3n) is 4.77. The molecular formula is C18H26N2O3. The van der Waals surface area contributed by atoms with Crippen molar-refractivity contribution in [2.75, 3.05) is 13.1 Å². The Balaban J connectivity index is 1.62. The van der Waals surface area contributed by atoms with Crippen molar-refractivity contribution in [1.29, 1.82) is 0 Å². The van der Waals surface area contributed by atoms with Crippen LogP contribution in [0.3, 0.4) is 0 Å². The monoisotopic (exact) mass is 318 g/mol. The van der Waals surface area contributed by atoms with E-state index in [-0.39, 0.29) is 17.9 Å². The van der Waals surface area contributed by atoms with Gasteiger partial charge in [0.1, 0.15) is 5.60 Å². The lowest BCUT2D eigenvalue weighted by molar-refractivity contribution is 0.0258.